The Balaban J connectivity index is 3.05. The SMILES string of the molecule is C[SiH](C)OC1C=CC(Cl)=CC1(Cl)C(C)(C)C. The molecule has 1 aliphatic carbocycles. The van der Waals surface area contributed by atoms with E-state index in [2.05, 4.69) is 33.9 Å². The number of allylic oxidation sites excluding steroid dienone is 2. The summed E-state index contributed by atoms with van der Waals surface area (Å²) in [6.45, 7) is 10.6. The van der Waals surface area contributed by atoms with Crippen molar-refractivity contribution in [3.8, 4) is 0 Å². The standard InChI is InChI=1S/C12H20Cl2OSi/c1-11(2,3)12(14)8-9(13)6-7-10(12)15-16(4)5/h6-8,10,16H,1-5H3. The molecule has 0 spiro atoms. The monoisotopic (exact) mass is 278 g/mol. The van der Waals surface area contributed by atoms with Gasteiger partial charge in [-0.25, -0.2) is 0 Å². The maximum Gasteiger partial charge on any atom is 0.171 e. The molecule has 1 rings (SSSR count). The molecular weight excluding hydrogens is 259 g/mol. The van der Waals surface area contributed by atoms with E-state index in [0.29, 0.717) is 5.03 Å². The fourth-order valence-corrected chi connectivity index (χ4v) is 3.25. The summed E-state index contributed by atoms with van der Waals surface area (Å²) in [6, 6.07) is 0. The molecule has 0 N–H and O–H groups in total. The van der Waals surface area contributed by atoms with Crippen LogP contribution in [0.15, 0.2) is 23.3 Å². The largest absolute Gasteiger partial charge is 0.412 e. The van der Waals surface area contributed by atoms with Gasteiger partial charge in [-0.3, -0.25) is 0 Å². The zero-order valence-corrected chi connectivity index (χ0v) is 13.2. The molecule has 2 unspecified atom stereocenters. The van der Waals surface area contributed by atoms with Crippen LogP contribution in [0.2, 0.25) is 13.1 Å². The summed E-state index contributed by atoms with van der Waals surface area (Å²) >= 11 is 12.8. The van der Waals surface area contributed by atoms with Crippen LogP contribution in [-0.4, -0.2) is 20.0 Å². The minimum atomic E-state index is -1.13. The molecule has 0 aliphatic heterocycles. The highest BCUT2D eigenvalue weighted by Gasteiger charge is 2.46. The van der Waals surface area contributed by atoms with E-state index in [9.17, 15) is 0 Å². The second kappa shape index (κ2) is 4.85. The summed E-state index contributed by atoms with van der Waals surface area (Å²) < 4.78 is 6.00. The first-order valence-electron chi connectivity index (χ1n) is 5.58. The van der Waals surface area contributed by atoms with E-state index in [0.717, 1.165) is 0 Å². The van der Waals surface area contributed by atoms with Crippen LogP contribution in [-0.2, 0) is 4.43 Å². The second-order valence-electron chi connectivity index (χ2n) is 5.51. The van der Waals surface area contributed by atoms with Crippen LogP contribution in [0.25, 0.3) is 0 Å². The molecule has 0 bridgehead atoms. The van der Waals surface area contributed by atoms with Crippen molar-refractivity contribution in [1.29, 1.82) is 0 Å². The third-order valence-electron chi connectivity index (χ3n) is 2.76. The van der Waals surface area contributed by atoms with Gasteiger partial charge in [-0.15, -0.1) is 11.6 Å². The van der Waals surface area contributed by atoms with Crippen molar-refractivity contribution >= 4 is 32.2 Å². The lowest BCUT2D eigenvalue weighted by Crippen LogP contribution is -2.49. The summed E-state index contributed by atoms with van der Waals surface area (Å²) in [6.07, 6.45) is 5.68. The Bertz CT molecular complexity index is 317. The summed E-state index contributed by atoms with van der Waals surface area (Å²) in [7, 11) is -1.13. The van der Waals surface area contributed by atoms with Gasteiger partial charge in [0.1, 0.15) is 0 Å². The third-order valence-corrected chi connectivity index (χ3v) is 4.72. The molecule has 1 nitrogen and oxygen atoms in total. The Kier molecular flexibility index (Phi) is 4.33. The van der Waals surface area contributed by atoms with E-state index >= 15 is 0 Å². The smallest absolute Gasteiger partial charge is 0.171 e. The zero-order chi connectivity index (χ0) is 12.6. The van der Waals surface area contributed by atoms with Gasteiger partial charge in [0.15, 0.2) is 9.04 Å². The van der Waals surface area contributed by atoms with E-state index in [-0.39, 0.29) is 11.5 Å². The van der Waals surface area contributed by atoms with Crippen LogP contribution in [0.4, 0.5) is 0 Å². The highest BCUT2D eigenvalue weighted by molar-refractivity contribution is 6.48. The van der Waals surface area contributed by atoms with Crippen molar-refractivity contribution < 1.29 is 4.43 Å². The van der Waals surface area contributed by atoms with E-state index < -0.39 is 13.9 Å². The van der Waals surface area contributed by atoms with Crippen molar-refractivity contribution in [3.63, 3.8) is 0 Å². The van der Waals surface area contributed by atoms with Crippen molar-refractivity contribution in [2.24, 2.45) is 5.41 Å². The first kappa shape index (κ1) is 14.3. The van der Waals surface area contributed by atoms with Crippen LogP contribution < -0.4 is 0 Å². The van der Waals surface area contributed by atoms with Gasteiger partial charge in [0, 0.05) is 5.03 Å². The molecule has 1 aliphatic rings. The topological polar surface area (TPSA) is 9.23 Å². The summed E-state index contributed by atoms with van der Waals surface area (Å²) in [5, 5.41) is 0.690. The predicted molar refractivity (Wildman–Crippen MR) is 74.9 cm³/mol. The Morgan fingerprint density at radius 1 is 1.38 bits per heavy atom. The molecule has 0 aromatic carbocycles. The molecule has 0 fully saturated rings. The Labute approximate surface area is 110 Å². The number of halogens is 2. The van der Waals surface area contributed by atoms with Crippen molar-refractivity contribution in [2.45, 2.75) is 44.8 Å². The van der Waals surface area contributed by atoms with Crippen LogP contribution in [0.5, 0.6) is 0 Å². The maximum absolute atomic E-state index is 6.74. The fourth-order valence-electron chi connectivity index (χ4n) is 1.73. The van der Waals surface area contributed by atoms with Crippen molar-refractivity contribution in [1.82, 2.24) is 0 Å². The molecule has 0 saturated heterocycles. The molecular formula is C12H20Cl2OSi. The van der Waals surface area contributed by atoms with Crippen molar-refractivity contribution in [2.75, 3.05) is 0 Å². The van der Waals surface area contributed by atoms with E-state index in [1.165, 1.54) is 0 Å². The Morgan fingerprint density at radius 2 is 1.94 bits per heavy atom. The molecule has 0 aromatic heterocycles. The van der Waals surface area contributed by atoms with Gasteiger partial charge < -0.3 is 4.43 Å². The van der Waals surface area contributed by atoms with Gasteiger partial charge in [-0.1, -0.05) is 38.4 Å². The Morgan fingerprint density at radius 3 is 2.38 bits per heavy atom. The van der Waals surface area contributed by atoms with E-state index in [1.54, 1.807) is 0 Å². The lowest BCUT2D eigenvalue weighted by molar-refractivity contribution is 0.147. The number of hydrogen-bond acceptors (Lipinski definition) is 1. The average molecular weight is 279 g/mol. The molecule has 2 atom stereocenters. The highest BCUT2D eigenvalue weighted by Crippen LogP contribution is 2.45. The molecule has 92 valence electrons. The molecule has 0 radical (unpaired) electrons. The fraction of sp³-hybridized carbons (Fsp3) is 0.667. The minimum absolute atomic E-state index is 0.0802. The van der Waals surface area contributed by atoms with Crippen molar-refractivity contribution in [3.05, 3.63) is 23.3 Å². The van der Waals surface area contributed by atoms with Crippen LogP contribution >= 0.6 is 23.2 Å². The normalized spacial score (nSPS) is 30.8. The predicted octanol–water partition coefficient (Wildman–Crippen LogP) is 4.07. The highest BCUT2D eigenvalue weighted by atomic mass is 35.5. The van der Waals surface area contributed by atoms with Crippen LogP contribution in [0, 0.1) is 5.41 Å². The molecule has 0 saturated carbocycles. The second-order valence-corrected chi connectivity index (χ2v) is 8.94. The first-order chi connectivity index (χ1) is 7.17. The zero-order valence-electron chi connectivity index (χ0n) is 10.6. The average Bonchev–Trinajstić information content (AvgIpc) is 2.07. The first-order valence-corrected chi connectivity index (χ1v) is 9.11. The number of rotatable bonds is 2. The minimum Gasteiger partial charge on any atom is -0.412 e. The van der Waals surface area contributed by atoms with Crippen LogP contribution in [0.1, 0.15) is 20.8 Å². The summed E-state index contributed by atoms with van der Waals surface area (Å²) in [5.41, 5.74) is -0.104. The number of alkyl halides is 1. The van der Waals surface area contributed by atoms with E-state index in [1.807, 2.05) is 18.2 Å². The lowest BCUT2D eigenvalue weighted by atomic mass is 9.75. The quantitative estimate of drug-likeness (QED) is 0.547. The molecule has 16 heavy (non-hydrogen) atoms. The maximum atomic E-state index is 6.74. The number of hydrogen-bond donors (Lipinski definition) is 0. The molecule has 0 heterocycles. The summed E-state index contributed by atoms with van der Waals surface area (Å²) in [5.74, 6) is 0. The van der Waals surface area contributed by atoms with Gasteiger partial charge in [-0.05, 0) is 30.7 Å². The molecule has 4 heteroatoms. The van der Waals surface area contributed by atoms with Gasteiger partial charge in [0.05, 0.1) is 11.0 Å². The molecule has 0 aromatic rings. The Hall–Kier alpha value is 0.237. The third kappa shape index (κ3) is 2.92. The summed E-state index contributed by atoms with van der Waals surface area (Å²) in [4.78, 5) is -0.559. The van der Waals surface area contributed by atoms with Gasteiger partial charge in [0.2, 0.25) is 0 Å². The van der Waals surface area contributed by atoms with Gasteiger partial charge in [0.25, 0.3) is 0 Å². The lowest BCUT2D eigenvalue weighted by Gasteiger charge is -2.44. The van der Waals surface area contributed by atoms with Gasteiger partial charge in [-0.2, -0.15) is 0 Å². The molecule has 0 amide bonds. The van der Waals surface area contributed by atoms with Gasteiger partial charge >= 0.3 is 0 Å². The van der Waals surface area contributed by atoms with E-state index in [4.69, 9.17) is 27.6 Å². The van der Waals surface area contributed by atoms with Crippen LogP contribution in [0.3, 0.4) is 0 Å².